The fourth-order valence-corrected chi connectivity index (χ4v) is 1.10. The first-order chi connectivity index (χ1) is 8.96. The minimum Gasteiger partial charge on any atom is -0.332 e. The van der Waals surface area contributed by atoms with Gasteiger partial charge in [0.2, 0.25) is 0 Å². The third-order valence-electron chi connectivity index (χ3n) is 1.78. The van der Waals surface area contributed by atoms with Crippen molar-refractivity contribution in [3.05, 3.63) is 27.2 Å². The molecule has 74 valence electrons. The minimum atomic E-state index is -2.96. The Bertz CT molecular complexity index is 793. The van der Waals surface area contributed by atoms with Gasteiger partial charge in [-0.1, -0.05) is 0 Å². The van der Waals surface area contributed by atoms with Crippen molar-refractivity contribution >= 4 is 11.2 Å². The lowest BCUT2D eigenvalue weighted by molar-refractivity contribution is 0.740. The number of aryl methyl sites for hydroxylation is 2. The Morgan fingerprint density at radius 2 is 2.29 bits per heavy atom. The first-order valence-corrected chi connectivity index (χ1v) is 3.47. The van der Waals surface area contributed by atoms with E-state index >= 15 is 0 Å². The smallest absolute Gasteiger partial charge is 0.332 e. The lowest BCUT2D eigenvalue weighted by Crippen LogP contribution is -2.44. The number of hydrogen-bond acceptors (Lipinski definition) is 4. The van der Waals surface area contributed by atoms with Crippen molar-refractivity contribution in [1.29, 1.82) is 0 Å². The summed E-state index contributed by atoms with van der Waals surface area (Å²) < 4.78 is 44.3. The van der Waals surface area contributed by atoms with E-state index in [4.69, 9.17) is 14.1 Å². The molecule has 0 fully saturated rings. The van der Waals surface area contributed by atoms with Gasteiger partial charge < -0.3 is 10.4 Å². The van der Waals surface area contributed by atoms with Gasteiger partial charge in [-0.2, -0.15) is 4.68 Å². The van der Waals surface area contributed by atoms with Crippen LogP contribution in [0.1, 0.15) is 8.22 Å². The van der Waals surface area contributed by atoms with Crippen molar-refractivity contribution in [2.45, 2.75) is 0 Å². The summed E-state index contributed by atoms with van der Waals surface area (Å²) in [6, 6.07) is 0. The molecule has 0 aromatic carbocycles. The summed E-state index contributed by atoms with van der Waals surface area (Å²) in [6.07, 6.45) is 0.765. The van der Waals surface area contributed by atoms with Crippen LogP contribution in [0.2, 0.25) is 0 Å². The highest BCUT2D eigenvalue weighted by Gasteiger charge is 2.12. The molecule has 2 aromatic rings. The first-order valence-electron chi connectivity index (χ1n) is 6.47. The molecule has 0 aliphatic heterocycles. The Kier molecular flexibility index (Phi) is 0.704. The minimum absolute atomic E-state index is 0.0403. The molecule has 7 heteroatoms. The Labute approximate surface area is 86.4 Å². The largest absolute Gasteiger partial charge is 0.351 e. The number of nitrogens with two attached hydrogens (primary N) is 1. The van der Waals surface area contributed by atoms with Crippen LogP contribution in [-0.2, 0) is 14.0 Å². The summed E-state index contributed by atoms with van der Waals surface area (Å²) in [6.45, 7) is -5.73. The highest BCUT2D eigenvalue weighted by molar-refractivity contribution is 5.69. The molecule has 0 amide bonds. The van der Waals surface area contributed by atoms with Gasteiger partial charge in [-0.05, 0) is 0 Å². The van der Waals surface area contributed by atoms with Crippen LogP contribution in [-0.4, -0.2) is 18.8 Å². The number of rotatable bonds is 0. The van der Waals surface area contributed by atoms with Crippen LogP contribution in [0.25, 0.3) is 11.2 Å². The molecule has 0 aliphatic carbocycles. The van der Waals surface area contributed by atoms with E-state index in [0.717, 1.165) is 6.33 Å². The molecule has 0 bridgehead atoms. The van der Waals surface area contributed by atoms with Crippen LogP contribution in [0.15, 0.2) is 15.9 Å². The second-order valence-electron chi connectivity index (χ2n) is 2.58. The summed E-state index contributed by atoms with van der Waals surface area (Å²) in [4.78, 5) is 27.2. The molecule has 2 rings (SSSR count). The monoisotopic (exact) mass is 201 g/mol. The summed E-state index contributed by atoms with van der Waals surface area (Å²) in [5, 5.41) is 0. The van der Waals surface area contributed by atoms with Crippen molar-refractivity contribution < 1.29 is 8.22 Å². The molecular formula is C7H9N5O2. The van der Waals surface area contributed by atoms with E-state index in [1.54, 1.807) is 0 Å². The molecular weight excluding hydrogens is 186 g/mol. The molecule has 0 saturated heterocycles. The van der Waals surface area contributed by atoms with Gasteiger partial charge in [-0.25, -0.2) is 9.78 Å². The molecule has 2 heterocycles. The number of nitrogens with zero attached hydrogens (tertiary/aromatic N) is 4. The Morgan fingerprint density at radius 3 is 2.93 bits per heavy atom. The van der Waals surface area contributed by atoms with Crippen LogP contribution in [0.4, 0.5) is 0 Å². The van der Waals surface area contributed by atoms with E-state index in [0.29, 0.717) is 4.57 Å². The number of imidazole rings is 1. The second-order valence-corrected chi connectivity index (χ2v) is 2.58. The average molecular weight is 201 g/mol. The van der Waals surface area contributed by atoms with Crippen molar-refractivity contribution in [1.82, 2.24) is 18.8 Å². The topological polar surface area (TPSA) is 87.8 Å². The average Bonchev–Trinajstić information content (AvgIpc) is 2.68. The van der Waals surface area contributed by atoms with E-state index in [1.165, 1.54) is 0 Å². The number of nitrogen functional groups attached to an aromatic ring is 1. The zero-order valence-corrected chi connectivity index (χ0v) is 6.76. The molecule has 0 unspecified atom stereocenters. The predicted octanol–water partition coefficient (Wildman–Crippen LogP) is -1.85. The number of aromatic nitrogens is 4. The van der Waals surface area contributed by atoms with Gasteiger partial charge in [-0.3, -0.25) is 9.36 Å². The Balaban J connectivity index is 3.10. The van der Waals surface area contributed by atoms with Crippen molar-refractivity contribution in [2.24, 2.45) is 14.0 Å². The SMILES string of the molecule is [2H]C([2H])([2H])n1cnc2c1c(=O)n(N)c(=O)n2C([2H])([2H])[2H]. The summed E-state index contributed by atoms with van der Waals surface area (Å²) in [5.41, 5.74) is -3.58. The van der Waals surface area contributed by atoms with Crippen LogP contribution < -0.4 is 17.1 Å². The highest BCUT2D eigenvalue weighted by Crippen LogP contribution is 2.01. The maximum Gasteiger partial charge on any atom is 0.351 e. The Hall–Kier alpha value is -2.05. The van der Waals surface area contributed by atoms with E-state index in [9.17, 15) is 9.59 Å². The molecule has 2 N–H and O–H groups in total. The fraction of sp³-hybridized carbons (Fsp3) is 0.286. The van der Waals surface area contributed by atoms with Crippen LogP contribution in [0.5, 0.6) is 0 Å². The molecule has 7 nitrogen and oxygen atoms in total. The molecule has 0 aliphatic rings. The predicted molar refractivity (Wildman–Crippen MR) is 50.4 cm³/mol. The van der Waals surface area contributed by atoms with E-state index in [1.807, 2.05) is 0 Å². The van der Waals surface area contributed by atoms with Gasteiger partial charge in [0.1, 0.15) is 0 Å². The summed E-state index contributed by atoms with van der Waals surface area (Å²) in [5.74, 6) is 5.21. The lowest BCUT2D eigenvalue weighted by Gasteiger charge is -2.02. The van der Waals surface area contributed by atoms with Crippen molar-refractivity contribution in [3.8, 4) is 0 Å². The fourth-order valence-electron chi connectivity index (χ4n) is 1.10. The quantitative estimate of drug-likeness (QED) is 0.507. The molecule has 0 saturated carbocycles. The van der Waals surface area contributed by atoms with Gasteiger partial charge in [0, 0.05) is 22.2 Å². The van der Waals surface area contributed by atoms with Gasteiger partial charge in [0.15, 0.2) is 11.2 Å². The molecule has 0 atom stereocenters. The molecule has 2 aromatic heterocycles. The zero-order valence-electron chi connectivity index (χ0n) is 12.8. The van der Waals surface area contributed by atoms with E-state index < -0.39 is 36.4 Å². The van der Waals surface area contributed by atoms with E-state index in [2.05, 4.69) is 4.98 Å². The van der Waals surface area contributed by atoms with Crippen LogP contribution in [0.3, 0.4) is 0 Å². The normalized spacial score (nSPS) is 19.1. The molecule has 0 radical (unpaired) electrons. The van der Waals surface area contributed by atoms with Gasteiger partial charge in [0.05, 0.1) is 6.33 Å². The van der Waals surface area contributed by atoms with Crippen molar-refractivity contribution in [3.63, 3.8) is 0 Å². The molecule has 14 heavy (non-hydrogen) atoms. The van der Waals surface area contributed by atoms with Gasteiger partial charge in [-0.15, -0.1) is 0 Å². The van der Waals surface area contributed by atoms with E-state index in [-0.39, 0.29) is 9.24 Å². The zero-order chi connectivity index (χ0) is 15.5. The second kappa shape index (κ2) is 2.47. The Morgan fingerprint density at radius 1 is 1.50 bits per heavy atom. The lowest BCUT2D eigenvalue weighted by atomic mass is 10.5. The maximum atomic E-state index is 11.9. The van der Waals surface area contributed by atoms with Crippen molar-refractivity contribution in [2.75, 3.05) is 5.84 Å². The first kappa shape index (κ1) is 3.99. The standard InChI is InChI=1S/C7H9N5O2/c1-10-3-9-5-4(10)6(13)12(8)7(14)11(5)2/h3H,8H2,1-2H3/i1D3,2D3. The number of hydrogen-bond donors (Lipinski definition) is 1. The van der Waals surface area contributed by atoms with Crippen LogP contribution in [0, 0.1) is 0 Å². The number of fused-ring (bicyclic) bond motifs is 1. The summed E-state index contributed by atoms with van der Waals surface area (Å²) >= 11 is 0. The maximum absolute atomic E-state index is 11.9. The van der Waals surface area contributed by atoms with Gasteiger partial charge >= 0.3 is 11.2 Å². The highest BCUT2D eigenvalue weighted by atomic mass is 16.2. The third kappa shape index (κ3) is 0.832. The third-order valence-corrected chi connectivity index (χ3v) is 1.78. The molecule has 0 spiro atoms. The summed E-state index contributed by atoms with van der Waals surface area (Å²) in [7, 11) is 0. The van der Waals surface area contributed by atoms with Crippen LogP contribution >= 0.6 is 0 Å². The van der Waals surface area contributed by atoms with Gasteiger partial charge in [0.25, 0.3) is 0 Å².